The standard InChI is InChI=1S/C20H17Cl3F3NO4/c1-12(27-30-11-13-3-5-14(6-4-13)31-20(24,25)26)16-9-15(29-8-7-18(22)23)10-17(21)19(16)28-2/h3-7,9-10H,8,11H2,1-2H3/b27-12+. The van der Waals surface area contributed by atoms with E-state index < -0.39 is 6.36 Å². The van der Waals surface area contributed by atoms with E-state index in [2.05, 4.69) is 9.89 Å². The summed E-state index contributed by atoms with van der Waals surface area (Å²) in [6, 6.07) is 8.48. The highest BCUT2D eigenvalue weighted by Crippen LogP contribution is 2.34. The van der Waals surface area contributed by atoms with Crippen LogP contribution in [0.1, 0.15) is 18.1 Å². The van der Waals surface area contributed by atoms with E-state index in [1.807, 2.05) is 0 Å². The summed E-state index contributed by atoms with van der Waals surface area (Å²) in [5.41, 5.74) is 1.56. The molecule has 168 valence electrons. The molecular formula is C20H17Cl3F3NO4. The van der Waals surface area contributed by atoms with Crippen LogP contribution in [0.2, 0.25) is 5.02 Å². The van der Waals surface area contributed by atoms with E-state index in [1.54, 1.807) is 19.1 Å². The molecule has 11 heteroatoms. The molecule has 0 saturated heterocycles. The van der Waals surface area contributed by atoms with Crippen molar-refractivity contribution in [3.05, 3.63) is 63.1 Å². The van der Waals surface area contributed by atoms with Gasteiger partial charge in [-0.3, -0.25) is 0 Å². The van der Waals surface area contributed by atoms with Crippen LogP contribution in [0.3, 0.4) is 0 Å². The predicted molar refractivity (Wildman–Crippen MR) is 113 cm³/mol. The molecule has 0 aliphatic carbocycles. The van der Waals surface area contributed by atoms with Gasteiger partial charge in [0.25, 0.3) is 0 Å². The van der Waals surface area contributed by atoms with Crippen LogP contribution in [0.15, 0.2) is 52.1 Å². The fraction of sp³-hybridized carbons (Fsp3) is 0.250. The third kappa shape index (κ3) is 8.40. The molecule has 0 radical (unpaired) electrons. The highest BCUT2D eigenvalue weighted by atomic mass is 35.5. The van der Waals surface area contributed by atoms with Gasteiger partial charge in [0.15, 0.2) is 0 Å². The molecule has 2 rings (SSSR count). The van der Waals surface area contributed by atoms with Gasteiger partial charge in [0.05, 0.1) is 17.8 Å². The fourth-order valence-electron chi connectivity index (χ4n) is 2.37. The normalized spacial score (nSPS) is 11.7. The van der Waals surface area contributed by atoms with Crippen LogP contribution in [0.25, 0.3) is 0 Å². The zero-order valence-corrected chi connectivity index (χ0v) is 18.6. The minimum Gasteiger partial charge on any atom is -0.494 e. The van der Waals surface area contributed by atoms with Crippen molar-refractivity contribution in [3.63, 3.8) is 0 Å². The number of nitrogens with zero attached hydrogens (tertiary/aromatic N) is 1. The molecule has 5 nitrogen and oxygen atoms in total. The van der Waals surface area contributed by atoms with Crippen molar-refractivity contribution < 1.29 is 32.2 Å². The number of benzene rings is 2. The molecule has 0 unspecified atom stereocenters. The summed E-state index contributed by atoms with van der Waals surface area (Å²) in [6.07, 6.45) is -3.28. The number of alkyl halides is 3. The Hall–Kier alpha value is -2.29. The van der Waals surface area contributed by atoms with Gasteiger partial charge in [-0.25, -0.2) is 0 Å². The van der Waals surface area contributed by atoms with Crippen molar-refractivity contribution in [1.29, 1.82) is 0 Å². The van der Waals surface area contributed by atoms with Crippen molar-refractivity contribution in [2.45, 2.75) is 19.9 Å². The minimum absolute atomic E-state index is 0.0227. The monoisotopic (exact) mass is 497 g/mol. The van der Waals surface area contributed by atoms with E-state index in [0.29, 0.717) is 33.4 Å². The number of ether oxygens (including phenoxy) is 3. The molecule has 0 bridgehead atoms. The maximum absolute atomic E-state index is 12.2. The molecule has 0 aliphatic heterocycles. The first-order valence-corrected chi connectivity index (χ1v) is 9.75. The van der Waals surface area contributed by atoms with Gasteiger partial charge in [0.1, 0.15) is 35.0 Å². The van der Waals surface area contributed by atoms with E-state index in [-0.39, 0.29) is 23.5 Å². The minimum atomic E-state index is -4.75. The van der Waals surface area contributed by atoms with E-state index >= 15 is 0 Å². The van der Waals surface area contributed by atoms with Gasteiger partial charge in [0.2, 0.25) is 0 Å². The van der Waals surface area contributed by atoms with Crippen LogP contribution in [0.4, 0.5) is 13.2 Å². The fourth-order valence-corrected chi connectivity index (χ4v) is 2.78. The molecule has 0 aliphatic rings. The Kier molecular flexibility index (Phi) is 9.15. The summed E-state index contributed by atoms with van der Waals surface area (Å²) in [5, 5.41) is 4.32. The Morgan fingerprint density at radius 3 is 2.35 bits per heavy atom. The van der Waals surface area contributed by atoms with Gasteiger partial charge in [-0.2, -0.15) is 0 Å². The number of methoxy groups -OCH3 is 1. The van der Waals surface area contributed by atoms with E-state index in [9.17, 15) is 13.2 Å². The molecule has 0 atom stereocenters. The molecule has 2 aromatic rings. The average Bonchev–Trinajstić information content (AvgIpc) is 2.67. The van der Waals surface area contributed by atoms with E-state index in [0.717, 1.165) is 0 Å². The van der Waals surface area contributed by atoms with Crippen molar-refractivity contribution in [2.24, 2.45) is 5.16 Å². The summed E-state index contributed by atoms with van der Waals surface area (Å²) in [5.74, 6) is 0.484. The summed E-state index contributed by atoms with van der Waals surface area (Å²) in [6.45, 7) is 1.83. The highest BCUT2D eigenvalue weighted by molar-refractivity contribution is 6.55. The number of rotatable bonds is 9. The van der Waals surface area contributed by atoms with E-state index in [4.69, 9.17) is 49.1 Å². The molecule has 0 spiro atoms. The Morgan fingerprint density at radius 2 is 1.77 bits per heavy atom. The lowest BCUT2D eigenvalue weighted by Crippen LogP contribution is -2.17. The Labute approximate surface area is 191 Å². The molecular weight excluding hydrogens is 482 g/mol. The van der Waals surface area contributed by atoms with Crippen LogP contribution >= 0.6 is 34.8 Å². The van der Waals surface area contributed by atoms with Crippen LogP contribution < -0.4 is 14.2 Å². The first kappa shape index (κ1) is 25.0. The third-order valence-electron chi connectivity index (χ3n) is 3.69. The third-order valence-corrected chi connectivity index (χ3v) is 4.28. The average molecular weight is 499 g/mol. The van der Waals surface area contributed by atoms with Gasteiger partial charge in [-0.1, -0.05) is 52.1 Å². The maximum atomic E-state index is 12.2. The van der Waals surface area contributed by atoms with Gasteiger partial charge < -0.3 is 19.0 Å². The summed E-state index contributed by atoms with van der Waals surface area (Å²) in [4.78, 5) is 5.31. The van der Waals surface area contributed by atoms with Crippen LogP contribution in [0.5, 0.6) is 17.2 Å². The summed E-state index contributed by atoms with van der Waals surface area (Å²) >= 11 is 17.4. The Bertz CT molecular complexity index is 944. The van der Waals surface area contributed by atoms with Crippen molar-refractivity contribution in [2.75, 3.05) is 13.7 Å². The highest BCUT2D eigenvalue weighted by Gasteiger charge is 2.30. The van der Waals surface area contributed by atoms with Crippen molar-refractivity contribution in [1.82, 2.24) is 0 Å². The second kappa shape index (κ2) is 11.4. The largest absolute Gasteiger partial charge is 0.573 e. The predicted octanol–water partition coefficient (Wildman–Crippen LogP) is 6.89. The first-order chi connectivity index (χ1) is 14.6. The smallest absolute Gasteiger partial charge is 0.494 e. The van der Waals surface area contributed by atoms with Gasteiger partial charge in [-0.05, 0) is 36.8 Å². The zero-order valence-electron chi connectivity index (χ0n) is 16.3. The van der Waals surface area contributed by atoms with Gasteiger partial charge in [-0.15, -0.1) is 13.2 Å². The van der Waals surface area contributed by atoms with Crippen molar-refractivity contribution in [3.8, 4) is 17.2 Å². The lowest BCUT2D eigenvalue weighted by molar-refractivity contribution is -0.274. The Balaban J connectivity index is 2.09. The number of oxime groups is 1. The number of hydrogen-bond acceptors (Lipinski definition) is 5. The van der Waals surface area contributed by atoms with Crippen LogP contribution in [-0.2, 0) is 11.4 Å². The molecule has 31 heavy (non-hydrogen) atoms. The lowest BCUT2D eigenvalue weighted by atomic mass is 10.1. The quantitative estimate of drug-likeness (QED) is 0.279. The topological polar surface area (TPSA) is 49.3 Å². The van der Waals surface area contributed by atoms with Crippen LogP contribution in [-0.4, -0.2) is 25.8 Å². The molecule has 0 N–H and O–H groups in total. The molecule has 2 aromatic carbocycles. The lowest BCUT2D eigenvalue weighted by Gasteiger charge is -2.13. The molecule has 0 fully saturated rings. The Morgan fingerprint density at radius 1 is 1.10 bits per heavy atom. The summed E-state index contributed by atoms with van der Waals surface area (Å²) in [7, 11) is 1.46. The van der Waals surface area contributed by atoms with Crippen LogP contribution in [0, 0.1) is 0 Å². The van der Waals surface area contributed by atoms with Crippen molar-refractivity contribution >= 4 is 40.5 Å². The second-order valence-electron chi connectivity index (χ2n) is 5.93. The molecule has 0 heterocycles. The summed E-state index contributed by atoms with van der Waals surface area (Å²) < 4.78 is 51.4. The molecule has 0 aromatic heterocycles. The zero-order chi connectivity index (χ0) is 23.0. The number of halogens is 6. The van der Waals surface area contributed by atoms with Gasteiger partial charge >= 0.3 is 6.36 Å². The van der Waals surface area contributed by atoms with Gasteiger partial charge in [0, 0.05) is 11.6 Å². The number of hydrogen-bond donors (Lipinski definition) is 0. The SMILES string of the molecule is COc1c(Cl)cc(OCC=C(Cl)Cl)cc1/C(C)=N/OCc1ccc(OC(F)(F)F)cc1. The maximum Gasteiger partial charge on any atom is 0.573 e. The second-order valence-corrected chi connectivity index (χ2v) is 7.35. The molecule has 0 saturated carbocycles. The first-order valence-electron chi connectivity index (χ1n) is 8.62. The van der Waals surface area contributed by atoms with E-state index in [1.165, 1.54) is 37.5 Å². The molecule has 0 amide bonds.